The summed E-state index contributed by atoms with van der Waals surface area (Å²) in [7, 11) is 4.12. The fraction of sp³-hybridized carbons (Fsp3) is 0.435. The highest BCUT2D eigenvalue weighted by atomic mass is 35.5. The van der Waals surface area contributed by atoms with Crippen molar-refractivity contribution < 1.29 is 62.8 Å². The minimum atomic E-state index is -4.47. The molecule has 2 fully saturated rings. The summed E-state index contributed by atoms with van der Waals surface area (Å²) < 4.78 is 29.5. The summed E-state index contributed by atoms with van der Waals surface area (Å²) in [4.78, 5) is 53.5. The molecule has 3 aromatic carbocycles. The van der Waals surface area contributed by atoms with Crippen molar-refractivity contribution in [3.8, 4) is 17.2 Å². The van der Waals surface area contributed by atoms with E-state index in [9.17, 15) is 48.0 Å². The Morgan fingerprint density at radius 1 is 0.924 bits per heavy atom. The molecule has 360 valence electrons. The van der Waals surface area contributed by atoms with Crippen LogP contribution in [0.1, 0.15) is 62.6 Å². The number of ketones is 3. The monoisotopic (exact) mass is 957 g/mol. The summed E-state index contributed by atoms with van der Waals surface area (Å²) in [5, 5.41) is 68.6. The first kappa shape index (κ1) is 53.1. The highest BCUT2D eigenvalue weighted by Crippen LogP contribution is 2.53. The first-order chi connectivity index (χ1) is 30.9. The number of nitrogens with zero attached hydrogens (tertiary/aromatic N) is 2. The Kier molecular flexibility index (Phi) is 17.2. The van der Waals surface area contributed by atoms with Crippen LogP contribution in [0.2, 0.25) is 5.02 Å². The van der Waals surface area contributed by atoms with E-state index in [0.29, 0.717) is 17.0 Å². The maximum atomic E-state index is 13.7. The minimum absolute atomic E-state index is 0.0638. The number of phenols is 3. The molecule has 1 amide bonds. The van der Waals surface area contributed by atoms with Crippen LogP contribution in [0.15, 0.2) is 76.4 Å². The molecular weight excluding hydrogens is 898 g/mol. The number of aromatic hydroxyl groups is 3. The van der Waals surface area contributed by atoms with E-state index >= 15 is 0 Å². The first-order valence-corrected chi connectivity index (χ1v) is 23.0. The lowest BCUT2D eigenvalue weighted by atomic mass is 9.57. The van der Waals surface area contributed by atoms with Crippen molar-refractivity contribution in [2.75, 3.05) is 53.2 Å². The molecule has 3 aromatic rings. The quantitative estimate of drug-likeness (QED) is 0.0870. The number of rotatable bonds is 8. The molecule has 0 bridgehead atoms. The second-order valence-electron chi connectivity index (χ2n) is 16.7. The number of nitrogens with two attached hydrogens (primary N) is 1. The molecule has 0 heterocycles. The molecule has 11 N–H and O–H groups in total. The third-order valence-electron chi connectivity index (χ3n) is 12.2. The standard InChI is InChI=1S/C23H27N3O7.C13H16ClNO.C6H6O5S.C4H11N/c1-25(2)12-5-6-13(27)15-10(12)7-9-8-11-17(26(3)4)19(29)16(22(24)32)21(31)23(11,33)20(30)14(9)18(15)28;1-15-13(9-5-4-8-12(13)16)10-6-2-3-7-11(10)14;7-4-1-2-5(8)6(3-4)12(9,10)11;1-3-5-4-2/h5-6,9,11,17,27-28,31,33H,7-8H2,1-4H3,(H2,24,32);2-3,6-7,15H,4-5,8-9H2,1H3;1-3,7-8H,(H,9,10,11);5H,3-4H2,1-2H3/t9-,11-,17-,23-;;;/m0.../s1. The van der Waals surface area contributed by atoms with E-state index in [1.54, 1.807) is 20.2 Å². The number of carbonyl (C=O) groups excluding carboxylic acids is 4. The van der Waals surface area contributed by atoms with E-state index < -0.39 is 84.3 Å². The van der Waals surface area contributed by atoms with Crippen molar-refractivity contribution in [3.63, 3.8) is 0 Å². The molecule has 0 aliphatic heterocycles. The average molecular weight is 959 g/mol. The summed E-state index contributed by atoms with van der Waals surface area (Å²) in [6, 6.07) is 12.4. The van der Waals surface area contributed by atoms with Crippen LogP contribution >= 0.6 is 11.6 Å². The summed E-state index contributed by atoms with van der Waals surface area (Å²) in [6.07, 6.45) is 3.87. The summed E-state index contributed by atoms with van der Waals surface area (Å²) in [6.45, 7) is 6.39. The van der Waals surface area contributed by atoms with Gasteiger partial charge < -0.3 is 51.9 Å². The van der Waals surface area contributed by atoms with Crippen LogP contribution in [0.5, 0.6) is 17.2 Å². The lowest BCUT2D eigenvalue weighted by Crippen LogP contribution is -2.65. The summed E-state index contributed by atoms with van der Waals surface area (Å²) >= 11 is 6.20. The van der Waals surface area contributed by atoms with E-state index in [1.165, 1.54) is 11.0 Å². The normalized spacial score (nSPS) is 23.5. The lowest BCUT2D eigenvalue weighted by Gasteiger charge is -2.50. The number of hydrogen-bond acceptors (Lipinski definition) is 16. The van der Waals surface area contributed by atoms with Crippen LogP contribution in [0.3, 0.4) is 0 Å². The fourth-order valence-corrected chi connectivity index (χ4v) is 10.0. The molecule has 5 atom stereocenters. The molecule has 18 nitrogen and oxygen atoms in total. The maximum Gasteiger partial charge on any atom is 0.298 e. The number of halogens is 1. The van der Waals surface area contributed by atoms with E-state index in [-0.39, 0.29) is 41.3 Å². The lowest BCUT2D eigenvalue weighted by molar-refractivity contribution is -0.153. The van der Waals surface area contributed by atoms with Gasteiger partial charge in [0.05, 0.1) is 11.6 Å². The number of amides is 1. The number of carbonyl (C=O) groups is 4. The maximum absolute atomic E-state index is 13.7. The molecule has 1 unspecified atom stereocenters. The van der Waals surface area contributed by atoms with E-state index in [2.05, 4.69) is 24.5 Å². The molecule has 4 aliphatic carbocycles. The van der Waals surface area contributed by atoms with Gasteiger partial charge in [0.15, 0.2) is 17.2 Å². The number of benzene rings is 3. The van der Waals surface area contributed by atoms with Gasteiger partial charge in [-0.25, -0.2) is 0 Å². The van der Waals surface area contributed by atoms with Crippen molar-refractivity contribution in [2.24, 2.45) is 17.6 Å². The van der Waals surface area contributed by atoms with Crippen molar-refractivity contribution in [1.82, 2.24) is 15.5 Å². The molecule has 2 saturated carbocycles. The third kappa shape index (κ3) is 10.4. The molecular formula is C46H60ClN5O13S. The SMILES string of the molecule is CCNCC.CN(C)c1ccc(O)c2c1C[C@H]1C[C@H]3[C@H](N(C)C)C(=O)C(C(N)=O)=C(O)[C@@]3(O)C(=O)C1=C2O.CNC1(c2ccccc2Cl)CCCCC1=O.O=S(=O)(O)c1cc(O)ccc1O. The van der Waals surface area contributed by atoms with Crippen LogP contribution in [0.25, 0.3) is 5.76 Å². The van der Waals surface area contributed by atoms with Gasteiger partial charge >= 0.3 is 0 Å². The average Bonchev–Trinajstić information content (AvgIpc) is 3.24. The van der Waals surface area contributed by atoms with Gasteiger partial charge in [0, 0.05) is 48.8 Å². The molecule has 0 aromatic heterocycles. The number of phenolic OH excluding ortho intramolecular Hbond substituents is 3. The van der Waals surface area contributed by atoms with Gasteiger partial charge in [-0.05, 0) is 107 Å². The zero-order chi connectivity index (χ0) is 49.6. The van der Waals surface area contributed by atoms with Crippen molar-refractivity contribution >= 4 is 56.4 Å². The number of fused-ring (bicyclic) bond motifs is 3. The predicted molar refractivity (Wildman–Crippen MR) is 248 cm³/mol. The van der Waals surface area contributed by atoms with Gasteiger partial charge in [-0.1, -0.05) is 50.1 Å². The van der Waals surface area contributed by atoms with Gasteiger partial charge in [-0.3, -0.25) is 28.6 Å². The van der Waals surface area contributed by atoms with E-state index in [1.807, 2.05) is 50.3 Å². The number of aliphatic hydroxyl groups is 3. The number of aliphatic hydroxyl groups excluding tert-OH is 2. The second-order valence-corrected chi connectivity index (χ2v) is 18.5. The Bertz CT molecular complexity index is 2530. The molecule has 4 aliphatic rings. The highest BCUT2D eigenvalue weighted by Gasteiger charge is 2.64. The van der Waals surface area contributed by atoms with Gasteiger partial charge in [-0.15, -0.1) is 0 Å². The summed E-state index contributed by atoms with van der Waals surface area (Å²) in [5.74, 6) is -7.23. The predicted octanol–water partition coefficient (Wildman–Crippen LogP) is 3.89. The van der Waals surface area contributed by atoms with Gasteiger partial charge in [0.1, 0.15) is 44.8 Å². The Balaban J connectivity index is 0.000000237. The topological polar surface area (TPSA) is 301 Å². The number of Topliss-reactive ketones (excluding diaryl/α,β-unsaturated/α-hetero) is 3. The fourth-order valence-electron chi connectivity index (χ4n) is 9.13. The smallest absolute Gasteiger partial charge is 0.298 e. The number of anilines is 1. The summed E-state index contributed by atoms with van der Waals surface area (Å²) in [5.41, 5.74) is 3.51. The van der Waals surface area contributed by atoms with Crippen molar-refractivity contribution in [1.29, 1.82) is 0 Å². The number of primary amides is 1. The largest absolute Gasteiger partial charge is 0.508 e. The van der Waals surface area contributed by atoms with Gasteiger partial charge in [-0.2, -0.15) is 8.42 Å². The number of nitrogens with one attached hydrogen (secondary N) is 2. The van der Waals surface area contributed by atoms with E-state index in [0.717, 1.165) is 61.8 Å². The van der Waals surface area contributed by atoms with Crippen LogP contribution in [0, 0.1) is 11.8 Å². The second kappa shape index (κ2) is 21.4. The molecule has 66 heavy (non-hydrogen) atoms. The molecule has 0 spiro atoms. The number of hydrogen-bond donors (Lipinski definition) is 10. The van der Waals surface area contributed by atoms with Crippen LogP contribution < -0.4 is 21.3 Å². The first-order valence-electron chi connectivity index (χ1n) is 21.2. The Morgan fingerprint density at radius 3 is 2.05 bits per heavy atom. The molecule has 7 rings (SSSR count). The van der Waals surface area contributed by atoms with Crippen LogP contribution in [-0.4, -0.2) is 132 Å². The number of likely N-dealkylation sites (N-methyl/N-ethyl adjacent to an activating group) is 2. The highest BCUT2D eigenvalue weighted by molar-refractivity contribution is 7.86. The van der Waals surface area contributed by atoms with Gasteiger partial charge in [0.25, 0.3) is 16.0 Å². The Morgan fingerprint density at radius 2 is 1.55 bits per heavy atom. The van der Waals surface area contributed by atoms with Crippen LogP contribution in [-0.2, 0) is 41.3 Å². The third-order valence-corrected chi connectivity index (χ3v) is 13.4. The van der Waals surface area contributed by atoms with Crippen LogP contribution in [0.4, 0.5) is 5.69 Å². The molecule has 0 radical (unpaired) electrons. The Hall–Kier alpha value is -5.54. The van der Waals surface area contributed by atoms with Crippen molar-refractivity contribution in [2.45, 2.75) is 74.4 Å². The molecule has 20 heteroatoms. The zero-order valence-electron chi connectivity index (χ0n) is 37.9. The van der Waals surface area contributed by atoms with Crippen molar-refractivity contribution in [3.05, 3.63) is 93.2 Å². The van der Waals surface area contributed by atoms with Gasteiger partial charge in [0.2, 0.25) is 5.78 Å². The Labute approximate surface area is 389 Å². The minimum Gasteiger partial charge on any atom is -0.508 e. The zero-order valence-corrected chi connectivity index (χ0v) is 39.5. The molecule has 0 saturated heterocycles. The van der Waals surface area contributed by atoms with E-state index in [4.69, 9.17) is 32.1 Å².